The molecule has 92 valence electrons. The third-order valence-electron chi connectivity index (χ3n) is 1.24. The van der Waals surface area contributed by atoms with Gasteiger partial charge in [-0.15, -0.1) is 0 Å². The molecule has 5 nitrogen and oxygen atoms in total. The van der Waals surface area contributed by atoms with Gasteiger partial charge in [0.2, 0.25) is 5.91 Å². The molecule has 0 radical (unpaired) electrons. The quantitative estimate of drug-likeness (QED) is 0.439. The van der Waals surface area contributed by atoms with Crippen molar-refractivity contribution in [2.75, 3.05) is 14.1 Å². The van der Waals surface area contributed by atoms with Crippen LogP contribution in [0.4, 0.5) is 0 Å². The van der Waals surface area contributed by atoms with Crippen LogP contribution in [0.5, 0.6) is 0 Å². The van der Waals surface area contributed by atoms with Gasteiger partial charge in [-0.3, -0.25) is 4.79 Å². The Morgan fingerprint density at radius 2 is 1.88 bits per heavy atom. The molecule has 5 heteroatoms. The number of esters is 1. The van der Waals surface area contributed by atoms with Crippen molar-refractivity contribution in [3.05, 3.63) is 24.8 Å². The molecule has 1 unspecified atom stereocenters. The van der Waals surface area contributed by atoms with E-state index in [1.165, 1.54) is 24.8 Å². The van der Waals surface area contributed by atoms with E-state index in [9.17, 15) is 9.59 Å². The topological polar surface area (TPSA) is 66.8 Å². The summed E-state index contributed by atoms with van der Waals surface area (Å²) in [4.78, 5) is 22.3. The van der Waals surface area contributed by atoms with Crippen molar-refractivity contribution in [3.63, 3.8) is 0 Å². The number of hydrogen-bond donors (Lipinski definition) is 1. The van der Waals surface area contributed by atoms with Crippen LogP contribution in [0.25, 0.3) is 0 Å². The van der Waals surface area contributed by atoms with Crippen LogP contribution < -0.4 is 0 Å². The van der Waals surface area contributed by atoms with Gasteiger partial charge in [0.1, 0.15) is 0 Å². The minimum Gasteiger partial charge on any atom is -0.433 e. The zero-order valence-corrected chi connectivity index (χ0v) is 10.2. The molecule has 16 heavy (non-hydrogen) atoms. The van der Waals surface area contributed by atoms with Gasteiger partial charge in [0.25, 0.3) is 0 Å². The second-order valence-electron chi connectivity index (χ2n) is 3.22. The summed E-state index contributed by atoms with van der Waals surface area (Å²) in [6.45, 7) is 9.49. The lowest BCUT2D eigenvalue weighted by atomic mass is 10.4. The second-order valence-corrected chi connectivity index (χ2v) is 3.22. The highest BCUT2D eigenvalue weighted by atomic mass is 16.6. The first-order valence-electron chi connectivity index (χ1n) is 4.60. The fraction of sp³-hybridized carbons (Fsp3) is 0.455. The van der Waals surface area contributed by atoms with Crippen molar-refractivity contribution in [3.8, 4) is 0 Å². The van der Waals surface area contributed by atoms with E-state index in [1.807, 2.05) is 0 Å². The number of carbonyl (C=O) groups excluding carboxylic acids is 2. The highest BCUT2D eigenvalue weighted by Gasteiger charge is 2.04. The molecular formula is C11H19NO4. The number of aliphatic hydroxyl groups is 1. The lowest BCUT2D eigenvalue weighted by Crippen LogP contribution is -2.18. The first-order valence-corrected chi connectivity index (χ1v) is 4.60. The fourth-order valence-electron chi connectivity index (χ4n) is 0.438. The maximum Gasteiger partial charge on any atom is 0.335 e. The highest BCUT2D eigenvalue weighted by molar-refractivity contribution is 5.87. The molecule has 0 saturated heterocycles. The summed E-state index contributed by atoms with van der Waals surface area (Å²) in [5.74, 6) is -0.620. The van der Waals surface area contributed by atoms with E-state index in [0.29, 0.717) is 0 Å². The molecule has 1 atom stereocenters. The standard InChI is InChI=1S/C6H10O3.C5H9NO/c1-4(2)6(8)9-5(3)7;1-4-5(7)6(2)3/h5,7H,1H2,2-3H3;4H,1H2,2-3H3. The van der Waals surface area contributed by atoms with E-state index in [1.54, 1.807) is 14.1 Å². The summed E-state index contributed by atoms with van der Waals surface area (Å²) in [6, 6.07) is 0. The van der Waals surface area contributed by atoms with Crippen molar-refractivity contribution in [1.82, 2.24) is 4.90 Å². The molecule has 0 spiro atoms. The smallest absolute Gasteiger partial charge is 0.335 e. The number of hydrogen-bond acceptors (Lipinski definition) is 4. The number of carbonyl (C=O) groups is 2. The Labute approximate surface area is 96.0 Å². The molecular weight excluding hydrogens is 210 g/mol. The summed E-state index contributed by atoms with van der Waals surface area (Å²) in [7, 11) is 3.37. The SMILES string of the molecule is C=C(C)C(=O)OC(C)O.C=CC(=O)N(C)C. The van der Waals surface area contributed by atoms with E-state index in [-0.39, 0.29) is 11.5 Å². The maximum atomic E-state index is 10.5. The Kier molecular flexibility index (Phi) is 9.10. The molecule has 0 bridgehead atoms. The number of aliphatic hydroxyl groups excluding tert-OH is 1. The number of likely N-dealkylation sites (N-methyl/N-ethyl adjacent to an activating group) is 1. The average molecular weight is 229 g/mol. The Hall–Kier alpha value is -1.62. The Bertz CT molecular complexity index is 269. The number of nitrogens with zero attached hydrogens (tertiary/aromatic N) is 1. The van der Waals surface area contributed by atoms with Crippen LogP contribution in [0.15, 0.2) is 24.8 Å². The highest BCUT2D eigenvalue weighted by Crippen LogP contribution is 1.94. The zero-order chi connectivity index (χ0) is 13.3. The summed E-state index contributed by atoms with van der Waals surface area (Å²) < 4.78 is 4.33. The van der Waals surface area contributed by atoms with Crippen LogP contribution >= 0.6 is 0 Å². The molecule has 0 rings (SSSR count). The third kappa shape index (κ3) is 10.5. The van der Waals surface area contributed by atoms with Crippen molar-refractivity contribution in [1.29, 1.82) is 0 Å². The van der Waals surface area contributed by atoms with Crippen molar-refractivity contribution >= 4 is 11.9 Å². The van der Waals surface area contributed by atoms with Crippen LogP contribution in [0.2, 0.25) is 0 Å². The molecule has 0 aromatic heterocycles. The van der Waals surface area contributed by atoms with Gasteiger partial charge in [-0.2, -0.15) is 0 Å². The molecule has 0 aliphatic rings. The third-order valence-corrected chi connectivity index (χ3v) is 1.24. The van der Waals surface area contributed by atoms with Crippen molar-refractivity contribution < 1.29 is 19.4 Å². The normalized spacial score (nSPS) is 10.3. The summed E-state index contributed by atoms with van der Waals surface area (Å²) in [5, 5.41) is 8.49. The van der Waals surface area contributed by atoms with Gasteiger partial charge in [-0.25, -0.2) is 4.79 Å². The van der Waals surface area contributed by atoms with Crippen LogP contribution in [-0.4, -0.2) is 42.3 Å². The van der Waals surface area contributed by atoms with E-state index in [4.69, 9.17) is 5.11 Å². The molecule has 0 saturated carbocycles. The number of amides is 1. The van der Waals surface area contributed by atoms with Gasteiger partial charge in [0.05, 0.1) is 0 Å². The monoisotopic (exact) mass is 229 g/mol. The van der Waals surface area contributed by atoms with E-state index < -0.39 is 12.3 Å². The van der Waals surface area contributed by atoms with Crippen LogP contribution in [0.3, 0.4) is 0 Å². The lowest BCUT2D eigenvalue weighted by Gasteiger charge is -2.04. The number of ether oxygens (including phenoxy) is 1. The summed E-state index contributed by atoms with van der Waals surface area (Å²) in [5.41, 5.74) is 0.288. The van der Waals surface area contributed by atoms with E-state index in [0.717, 1.165) is 0 Å². The van der Waals surface area contributed by atoms with Crippen molar-refractivity contribution in [2.45, 2.75) is 20.1 Å². The molecule has 1 amide bonds. The van der Waals surface area contributed by atoms with Gasteiger partial charge in [0.15, 0.2) is 6.29 Å². The van der Waals surface area contributed by atoms with Gasteiger partial charge in [0, 0.05) is 19.7 Å². The van der Waals surface area contributed by atoms with Gasteiger partial charge >= 0.3 is 5.97 Å². The second kappa shape index (κ2) is 8.67. The van der Waals surface area contributed by atoms with Gasteiger partial charge in [-0.05, 0) is 19.9 Å². The van der Waals surface area contributed by atoms with Gasteiger partial charge < -0.3 is 14.7 Å². The minimum absolute atomic E-state index is 0.0556. The molecule has 0 aromatic rings. The molecule has 0 aliphatic heterocycles. The minimum atomic E-state index is -1.05. The molecule has 0 aromatic carbocycles. The zero-order valence-electron chi connectivity index (χ0n) is 10.2. The molecule has 0 heterocycles. The van der Waals surface area contributed by atoms with E-state index >= 15 is 0 Å². The Balaban J connectivity index is 0. The fourth-order valence-corrected chi connectivity index (χ4v) is 0.438. The molecule has 1 N–H and O–H groups in total. The summed E-state index contributed by atoms with van der Waals surface area (Å²) in [6.07, 6.45) is 0.231. The molecule has 0 fully saturated rings. The van der Waals surface area contributed by atoms with Crippen LogP contribution in [0, 0.1) is 0 Å². The van der Waals surface area contributed by atoms with E-state index in [2.05, 4.69) is 17.9 Å². The molecule has 0 aliphatic carbocycles. The predicted molar refractivity (Wildman–Crippen MR) is 61.5 cm³/mol. The Morgan fingerprint density at radius 3 is 1.94 bits per heavy atom. The van der Waals surface area contributed by atoms with Crippen LogP contribution in [0.1, 0.15) is 13.8 Å². The van der Waals surface area contributed by atoms with Crippen molar-refractivity contribution in [2.24, 2.45) is 0 Å². The summed E-state index contributed by atoms with van der Waals surface area (Å²) >= 11 is 0. The predicted octanol–water partition coefficient (Wildman–Crippen LogP) is 0.705. The van der Waals surface area contributed by atoms with Crippen LogP contribution in [-0.2, 0) is 14.3 Å². The average Bonchev–Trinajstić information content (AvgIpc) is 2.16. The maximum absolute atomic E-state index is 10.5. The lowest BCUT2D eigenvalue weighted by molar-refractivity contribution is -0.159. The largest absolute Gasteiger partial charge is 0.433 e. The number of rotatable bonds is 3. The first kappa shape index (κ1) is 16.8. The Morgan fingerprint density at radius 1 is 1.44 bits per heavy atom. The van der Waals surface area contributed by atoms with Gasteiger partial charge in [-0.1, -0.05) is 13.2 Å². The first-order chi connectivity index (χ1) is 7.22.